The molecule has 0 aliphatic heterocycles. The van der Waals surface area contributed by atoms with Crippen LogP contribution >= 0.6 is 0 Å². The molecule has 0 atom stereocenters. The van der Waals surface area contributed by atoms with E-state index < -0.39 is 0 Å². The average molecular weight is 386 g/mol. The normalized spacial score (nSPS) is 15.0. The molecule has 0 spiro atoms. The number of nitrogens with zero attached hydrogens (tertiary/aromatic N) is 2. The predicted molar refractivity (Wildman–Crippen MR) is 116 cm³/mol. The summed E-state index contributed by atoms with van der Waals surface area (Å²) >= 11 is 0. The first-order valence-corrected chi connectivity index (χ1v) is 10.1. The lowest BCUT2D eigenvalue weighted by atomic mass is 9.85. The van der Waals surface area contributed by atoms with Crippen LogP contribution in [-0.4, -0.2) is 22.7 Å². The van der Waals surface area contributed by atoms with Crippen molar-refractivity contribution in [2.24, 2.45) is 5.92 Å². The molecule has 0 radical (unpaired) electrons. The highest BCUT2D eigenvalue weighted by molar-refractivity contribution is 6.13. The number of carbonyl (C=O) groups excluding carboxylic acids is 1. The van der Waals surface area contributed by atoms with Crippen molar-refractivity contribution in [1.29, 1.82) is 0 Å². The highest BCUT2D eigenvalue weighted by atomic mass is 16.5. The van der Waals surface area contributed by atoms with Gasteiger partial charge in [0.15, 0.2) is 5.78 Å². The number of aryl methyl sites for hydroxylation is 1. The molecule has 1 aromatic heterocycles. The molecular weight excluding hydrogens is 360 g/mol. The topological polar surface area (TPSA) is 44.1 Å². The molecule has 0 saturated heterocycles. The van der Waals surface area contributed by atoms with E-state index in [9.17, 15) is 4.79 Å². The number of rotatable bonds is 5. The minimum absolute atomic E-state index is 0.108. The molecule has 0 fully saturated rings. The minimum atomic E-state index is 0.108. The molecule has 29 heavy (non-hydrogen) atoms. The highest BCUT2D eigenvalue weighted by Gasteiger charge is 2.23. The Morgan fingerprint density at radius 2 is 1.93 bits per heavy atom. The number of methoxy groups -OCH3 is 1. The number of hydrogen-bond acceptors (Lipinski definition) is 3. The van der Waals surface area contributed by atoms with E-state index in [0.29, 0.717) is 5.92 Å². The predicted octanol–water partition coefficient (Wildman–Crippen LogP) is 5.29. The highest BCUT2D eigenvalue weighted by Crippen LogP contribution is 2.30. The number of benzene rings is 2. The molecule has 4 nitrogen and oxygen atoms in total. The standard InChI is InChI=1S/C25H26N2O2/c1-17(2)13-24-20(16-27(26-24)21-7-5-4-6-8-21)14-19-10-9-18-15-22(29-3)11-12-23(18)25(19)28/h4-8,11-12,14-17H,9-10,13H2,1-3H3. The maximum Gasteiger partial charge on any atom is 0.189 e. The molecule has 3 aromatic rings. The second-order valence-corrected chi connectivity index (χ2v) is 7.93. The van der Waals surface area contributed by atoms with E-state index in [4.69, 9.17) is 9.84 Å². The Hall–Kier alpha value is -3.14. The van der Waals surface area contributed by atoms with Crippen LogP contribution < -0.4 is 4.74 Å². The first-order chi connectivity index (χ1) is 14.0. The molecule has 0 N–H and O–H groups in total. The van der Waals surface area contributed by atoms with Crippen LogP contribution in [0.25, 0.3) is 11.8 Å². The number of fused-ring (bicyclic) bond motifs is 1. The van der Waals surface area contributed by atoms with Gasteiger partial charge in [0.1, 0.15) is 5.75 Å². The van der Waals surface area contributed by atoms with Gasteiger partial charge in [-0.3, -0.25) is 4.79 Å². The number of aromatic nitrogens is 2. The molecule has 0 bridgehead atoms. The summed E-state index contributed by atoms with van der Waals surface area (Å²) in [6, 6.07) is 15.8. The summed E-state index contributed by atoms with van der Waals surface area (Å²) in [7, 11) is 1.65. The summed E-state index contributed by atoms with van der Waals surface area (Å²) < 4.78 is 7.21. The van der Waals surface area contributed by atoms with Crippen molar-refractivity contribution >= 4 is 11.9 Å². The third-order valence-electron chi connectivity index (χ3n) is 5.29. The minimum Gasteiger partial charge on any atom is -0.497 e. The van der Waals surface area contributed by atoms with Gasteiger partial charge in [-0.15, -0.1) is 0 Å². The molecule has 1 aliphatic rings. The fourth-order valence-electron chi connectivity index (χ4n) is 3.81. The molecule has 0 saturated carbocycles. The Morgan fingerprint density at radius 3 is 2.66 bits per heavy atom. The van der Waals surface area contributed by atoms with Crippen molar-refractivity contribution in [2.45, 2.75) is 33.1 Å². The maximum atomic E-state index is 13.1. The molecule has 4 heteroatoms. The molecule has 148 valence electrons. The Balaban J connectivity index is 1.71. The number of ether oxygens (including phenoxy) is 1. The van der Waals surface area contributed by atoms with Gasteiger partial charge in [0, 0.05) is 22.9 Å². The molecule has 0 unspecified atom stereocenters. The number of allylic oxidation sites excluding steroid dienone is 1. The van der Waals surface area contributed by atoms with Gasteiger partial charge in [0.05, 0.1) is 18.5 Å². The summed E-state index contributed by atoms with van der Waals surface area (Å²) in [4.78, 5) is 13.1. The molecular formula is C25H26N2O2. The second-order valence-electron chi connectivity index (χ2n) is 7.93. The van der Waals surface area contributed by atoms with Gasteiger partial charge in [-0.2, -0.15) is 5.10 Å². The fourth-order valence-corrected chi connectivity index (χ4v) is 3.81. The van der Waals surface area contributed by atoms with Crippen LogP contribution in [-0.2, 0) is 12.8 Å². The average Bonchev–Trinajstić information content (AvgIpc) is 3.12. The Morgan fingerprint density at radius 1 is 1.14 bits per heavy atom. The van der Waals surface area contributed by atoms with Crippen LogP contribution in [0.4, 0.5) is 0 Å². The van der Waals surface area contributed by atoms with Gasteiger partial charge in [-0.25, -0.2) is 4.68 Å². The number of carbonyl (C=O) groups is 1. The summed E-state index contributed by atoms with van der Waals surface area (Å²) in [5, 5.41) is 4.82. The molecule has 4 rings (SSSR count). The zero-order chi connectivity index (χ0) is 20.4. The summed E-state index contributed by atoms with van der Waals surface area (Å²) in [5.74, 6) is 1.39. The van der Waals surface area contributed by atoms with Gasteiger partial charge < -0.3 is 4.74 Å². The van der Waals surface area contributed by atoms with Crippen molar-refractivity contribution in [3.8, 4) is 11.4 Å². The van der Waals surface area contributed by atoms with Crippen LogP contribution in [0.2, 0.25) is 0 Å². The van der Waals surface area contributed by atoms with E-state index >= 15 is 0 Å². The zero-order valence-corrected chi connectivity index (χ0v) is 17.2. The van der Waals surface area contributed by atoms with Crippen molar-refractivity contribution in [1.82, 2.24) is 9.78 Å². The van der Waals surface area contributed by atoms with Gasteiger partial charge in [0.25, 0.3) is 0 Å². The van der Waals surface area contributed by atoms with Gasteiger partial charge in [-0.1, -0.05) is 32.0 Å². The van der Waals surface area contributed by atoms with E-state index in [1.165, 1.54) is 0 Å². The van der Waals surface area contributed by atoms with Crippen LogP contribution in [0, 0.1) is 5.92 Å². The molecule has 2 aromatic carbocycles. The fraction of sp³-hybridized carbons (Fsp3) is 0.280. The summed E-state index contributed by atoms with van der Waals surface area (Å²) in [5.41, 5.74) is 5.78. The largest absolute Gasteiger partial charge is 0.497 e. The lowest BCUT2D eigenvalue weighted by Gasteiger charge is -2.18. The monoisotopic (exact) mass is 386 g/mol. The first kappa shape index (κ1) is 19.2. The SMILES string of the molecule is COc1ccc2c(c1)CCC(=Cc1cn(-c3ccccc3)nc1CC(C)C)C2=O. The smallest absolute Gasteiger partial charge is 0.189 e. The zero-order valence-electron chi connectivity index (χ0n) is 17.2. The lowest BCUT2D eigenvalue weighted by Crippen LogP contribution is -2.14. The molecule has 0 amide bonds. The molecule has 1 aliphatic carbocycles. The van der Waals surface area contributed by atoms with E-state index in [1.54, 1.807) is 7.11 Å². The number of ketones is 1. The Kier molecular flexibility index (Phi) is 5.34. The van der Waals surface area contributed by atoms with Crippen molar-refractivity contribution in [3.05, 3.63) is 82.7 Å². The van der Waals surface area contributed by atoms with Gasteiger partial charge >= 0.3 is 0 Å². The van der Waals surface area contributed by atoms with E-state index in [-0.39, 0.29) is 5.78 Å². The van der Waals surface area contributed by atoms with E-state index in [0.717, 1.165) is 58.7 Å². The third-order valence-corrected chi connectivity index (χ3v) is 5.29. The van der Waals surface area contributed by atoms with Crippen molar-refractivity contribution in [2.75, 3.05) is 7.11 Å². The Labute approximate surface area is 171 Å². The van der Waals surface area contributed by atoms with Crippen LogP contribution in [0.3, 0.4) is 0 Å². The van der Waals surface area contributed by atoms with Crippen molar-refractivity contribution in [3.63, 3.8) is 0 Å². The number of Topliss-reactive ketones (excluding diaryl/α,β-unsaturated/α-hetero) is 1. The third kappa shape index (κ3) is 4.02. The van der Waals surface area contributed by atoms with Crippen LogP contribution in [0.15, 0.2) is 60.3 Å². The Bertz CT molecular complexity index is 1060. The second kappa shape index (κ2) is 8.08. The van der Waals surface area contributed by atoms with Crippen LogP contribution in [0.1, 0.15) is 47.4 Å². The summed E-state index contributed by atoms with van der Waals surface area (Å²) in [6.45, 7) is 4.38. The van der Waals surface area contributed by atoms with Crippen molar-refractivity contribution < 1.29 is 9.53 Å². The number of hydrogen-bond donors (Lipinski definition) is 0. The summed E-state index contributed by atoms with van der Waals surface area (Å²) in [6.07, 6.45) is 6.53. The van der Waals surface area contributed by atoms with Gasteiger partial charge in [0.2, 0.25) is 0 Å². The lowest BCUT2D eigenvalue weighted by molar-refractivity contribution is 0.102. The molecule has 1 heterocycles. The van der Waals surface area contributed by atoms with Gasteiger partial charge in [-0.05, 0) is 67.2 Å². The van der Waals surface area contributed by atoms with E-state index in [1.807, 2.05) is 65.5 Å². The first-order valence-electron chi connectivity index (χ1n) is 10.1. The number of para-hydroxylation sites is 1. The van der Waals surface area contributed by atoms with Crippen LogP contribution in [0.5, 0.6) is 5.75 Å². The van der Waals surface area contributed by atoms with E-state index in [2.05, 4.69) is 13.8 Å². The quantitative estimate of drug-likeness (QED) is 0.560. The maximum absolute atomic E-state index is 13.1.